The van der Waals surface area contributed by atoms with Gasteiger partial charge in [0.15, 0.2) is 17.3 Å². The van der Waals surface area contributed by atoms with Crippen LogP contribution in [0.1, 0.15) is 17.3 Å². The quantitative estimate of drug-likeness (QED) is 0.431. The molecule has 1 heterocycles. The van der Waals surface area contributed by atoms with Crippen LogP contribution in [0.2, 0.25) is 0 Å². The van der Waals surface area contributed by atoms with Crippen LogP contribution >= 0.6 is 11.8 Å². The van der Waals surface area contributed by atoms with Crippen LogP contribution in [0.3, 0.4) is 0 Å². The van der Waals surface area contributed by atoms with Crippen LogP contribution in [0.25, 0.3) is 11.3 Å². The Kier molecular flexibility index (Phi) is 7.03. The summed E-state index contributed by atoms with van der Waals surface area (Å²) in [5.74, 6) is 1.27. The zero-order valence-electron chi connectivity index (χ0n) is 16.8. The van der Waals surface area contributed by atoms with Gasteiger partial charge < -0.3 is 14.8 Å². The molecule has 0 fully saturated rings. The first kappa shape index (κ1) is 21.3. The summed E-state index contributed by atoms with van der Waals surface area (Å²) < 4.78 is 10.6. The fourth-order valence-corrected chi connectivity index (χ4v) is 3.29. The molecule has 0 saturated carbocycles. The maximum absolute atomic E-state index is 12.2. The Balaban J connectivity index is 1.58. The van der Waals surface area contributed by atoms with Crippen LogP contribution in [0.4, 0.5) is 5.69 Å². The monoisotopic (exact) mass is 423 g/mol. The van der Waals surface area contributed by atoms with E-state index in [0.717, 1.165) is 5.56 Å². The molecule has 0 unspecified atom stereocenters. The minimum Gasteiger partial charge on any atom is -0.493 e. The Morgan fingerprint density at radius 2 is 1.67 bits per heavy atom. The van der Waals surface area contributed by atoms with E-state index in [1.165, 1.54) is 18.7 Å². The van der Waals surface area contributed by atoms with Crippen LogP contribution in [0.5, 0.6) is 11.5 Å². The number of carbonyl (C=O) groups excluding carboxylic acids is 2. The van der Waals surface area contributed by atoms with Crippen molar-refractivity contribution < 1.29 is 19.1 Å². The molecule has 0 saturated heterocycles. The summed E-state index contributed by atoms with van der Waals surface area (Å²) in [5.41, 5.74) is 2.78. The molecule has 1 N–H and O–H groups in total. The van der Waals surface area contributed by atoms with Gasteiger partial charge in [-0.15, -0.1) is 10.2 Å². The predicted octanol–water partition coefficient (Wildman–Crippen LogP) is 4.09. The van der Waals surface area contributed by atoms with E-state index in [-0.39, 0.29) is 17.4 Å². The van der Waals surface area contributed by atoms with Gasteiger partial charge in [0.05, 0.1) is 25.7 Å². The van der Waals surface area contributed by atoms with E-state index in [1.54, 1.807) is 38.5 Å². The van der Waals surface area contributed by atoms with Gasteiger partial charge in [0.2, 0.25) is 5.91 Å². The lowest BCUT2D eigenvalue weighted by Gasteiger charge is -2.09. The lowest BCUT2D eigenvalue weighted by Crippen LogP contribution is -2.14. The van der Waals surface area contributed by atoms with Crippen molar-refractivity contribution in [2.75, 3.05) is 25.3 Å². The second-order valence-electron chi connectivity index (χ2n) is 6.30. The topological polar surface area (TPSA) is 90.4 Å². The third-order valence-electron chi connectivity index (χ3n) is 4.25. The van der Waals surface area contributed by atoms with Gasteiger partial charge in [-0.3, -0.25) is 9.59 Å². The number of carbonyl (C=O) groups is 2. The molecule has 0 atom stereocenters. The minimum atomic E-state index is -0.165. The summed E-state index contributed by atoms with van der Waals surface area (Å²) in [4.78, 5) is 23.4. The number of hydrogen-bond donors (Lipinski definition) is 1. The maximum atomic E-state index is 12.2. The van der Waals surface area contributed by atoms with E-state index >= 15 is 0 Å². The molecule has 3 aromatic rings. The number of thioether (sulfide) groups is 1. The average molecular weight is 423 g/mol. The number of nitrogens with one attached hydrogen (secondary N) is 1. The zero-order chi connectivity index (χ0) is 21.5. The van der Waals surface area contributed by atoms with E-state index in [2.05, 4.69) is 15.5 Å². The third kappa shape index (κ3) is 5.36. The van der Waals surface area contributed by atoms with E-state index in [4.69, 9.17) is 9.47 Å². The molecule has 1 amide bonds. The number of ether oxygens (including phenoxy) is 2. The summed E-state index contributed by atoms with van der Waals surface area (Å²) in [6.45, 7) is 1.50. The van der Waals surface area contributed by atoms with Crippen molar-refractivity contribution in [3.8, 4) is 22.8 Å². The number of hydrogen-bond acceptors (Lipinski definition) is 7. The molecule has 0 aliphatic heterocycles. The Morgan fingerprint density at radius 1 is 0.933 bits per heavy atom. The van der Waals surface area contributed by atoms with Crippen molar-refractivity contribution in [2.24, 2.45) is 0 Å². The number of ketones is 1. The van der Waals surface area contributed by atoms with Gasteiger partial charge in [-0.05, 0) is 61.5 Å². The molecule has 1 aromatic heterocycles. The molecule has 0 radical (unpaired) electrons. The van der Waals surface area contributed by atoms with Crippen molar-refractivity contribution in [3.05, 3.63) is 60.2 Å². The number of methoxy groups -OCH3 is 2. The number of amides is 1. The molecule has 0 bridgehead atoms. The van der Waals surface area contributed by atoms with Crippen molar-refractivity contribution in [3.63, 3.8) is 0 Å². The first-order valence-electron chi connectivity index (χ1n) is 9.10. The Morgan fingerprint density at radius 3 is 2.27 bits per heavy atom. The normalized spacial score (nSPS) is 10.4. The molecule has 0 aliphatic carbocycles. The third-order valence-corrected chi connectivity index (χ3v) is 5.17. The Labute approximate surface area is 178 Å². The van der Waals surface area contributed by atoms with Crippen LogP contribution in [-0.2, 0) is 4.79 Å². The molecule has 30 heavy (non-hydrogen) atoms. The molecule has 3 rings (SSSR count). The highest BCUT2D eigenvalue weighted by Gasteiger charge is 2.09. The smallest absolute Gasteiger partial charge is 0.234 e. The van der Waals surface area contributed by atoms with Crippen LogP contribution < -0.4 is 14.8 Å². The van der Waals surface area contributed by atoms with Gasteiger partial charge in [0.1, 0.15) is 5.03 Å². The van der Waals surface area contributed by atoms with Gasteiger partial charge in [-0.1, -0.05) is 11.8 Å². The number of benzene rings is 2. The highest BCUT2D eigenvalue weighted by molar-refractivity contribution is 7.99. The summed E-state index contributed by atoms with van der Waals surface area (Å²) >= 11 is 1.29. The standard InChI is InChI=1S/C22H21N3O4S/c1-14(26)15-4-7-17(8-5-15)23-21(27)13-30-22-11-9-18(24-25-22)16-6-10-19(28-2)20(12-16)29-3/h4-12H,13H2,1-3H3,(H,23,27). The molecule has 7 nitrogen and oxygen atoms in total. The summed E-state index contributed by atoms with van der Waals surface area (Å²) in [5, 5.41) is 11.9. The molecule has 0 aliphatic rings. The molecular weight excluding hydrogens is 402 g/mol. The van der Waals surface area contributed by atoms with Crippen molar-refractivity contribution in [1.82, 2.24) is 10.2 Å². The van der Waals surface area contributed by atoms with Gasteiger partial charge in [0, 0.05) is 16.8 Å². The number of anilines is 1. The SMILES string of the molecule is COc1ccc(-c2ccc(SCC(=O)Nc3ccc(C(C)=O)cc3)nn2)cc1OC. The number of Topliss-reactive ketones (excluding diaryl/α,β-unsaturated/α-hetero) is 1. The summed E-state index contributed by atoms with van der Waals surface area (Å²) in [7, 11) is 3.16. The Bertz CT molecular complexity index is 1040. The highest BCUT2D eigenvalue weighted by atomic mass is 32.2. The van der Waals surface area contributed by atoms with E-state index in [1.807, 2.05) is 30.3 Å². The van der Waals surface area contributed by atoms with Crippen LogP contribution in [0.15, 0.2) is 59.6 Å². The lowest BCUT2D eigenvalue weighted by molar-refractivity contribution is -0.113. The number of rotatable bonds is 8. The van der Waals surface area contributed by atoms with Gasteiger partial charge >= 0.3 is 0 Å². The van der Waals surface area contributed by atoms with E-state index in [9.17, 15) is 9.59 Å². The van der Waals surface area contributed by atoms with Crippen molar-refractivity contribution >= 4 is 29.1 Å². The van der Waals surface area contributed by atoms with Crippen molar-refractivity contribution in [2.45, 2.75) is 11.9 Å². The van der Waals surface area contributed by atoms with Gasteiger partial charge in [-0.2, -0.15) is 0 Å². The fourth-order valence-electron chi connectivity index (χ4n) is 2.67. The van der Waals surface area contributed by atoms with E-state index < -0.39 is 0 Å². The second kappa shape index (κ2) is 9.89. The largest absolute Gasteiger partial charge is 0.493 e. The fraction of sp³-hybridized carbons (Fsp3) is 0.182. The Hall–Kier alpha value is -3.39. The summed E-state index contributed by atoms with van der Waals surface area (Å²) in [6.07, 6.45) is 0. The van der Waals surface area contributed by atoms with Gasteiger partial charge in [-0.25, -0.2) is 0 Å². The minimum absolute atomic E-state index is 0.0152. The van der Waals surface area contributed by atoms with Crippen LogP contribution in [-0.4, -0.2) is 41.9 Å². The lowest BCUT2D eigenvalue weighted by atomic mass is 10.1. The molecule has 154 valence electrons. The molecule has 8 heteroatoms. The predicted molar refractivity (Wildman–Crippen MR) is 116 cm³/mol. The average Bonchev–Trinajstić information content (AvgIpc) is 2.78. The highest BCUT2D eigenvalue weighted by Crippen LogP contribution is 2.31. The van der Waals surface area contributed by atoms with Crippen molar-refractivity contribution in [1.29, 1.82) is 0 Å². The second-order valence-corrected chi connectivity index (χ2v) is 7.29. The molecule has 0 spiro atoms. The zero-order valence-corrected chi connectivity index (χ0v) is 17.7. The van der Waals surface area contributed by atoms with Crippen LogP contribution in [0, 0.1) is 0 Å². The molecule has 2 aromatic carbocycles. The maximum Gasteiger partial charge on any atom is 0.234 e. The number of nitrogens with zero attached hydrogens (tertiary/aromatic N) is 2. The number of aromatic nitrogens is 2. The van der Waals surface area contributed by atoms with Gasteiger partial charge in [0.25, 0.3) is 0 Å². The summed E-state index contributed by atoms with van der Waals surface area (Å²) in [6, 6.07) is 16.0. The first-order valence-corrected chi connectivity index (χ1v) is 10.1. The first-order chi connectivity index (χ1) is 14.5. The molecular formula is C22H21N3O4S. The van der Waals surface area contributed by atoms with E-state index in [0.29, 0.717) is 33.5 Å².